The molecule has 1 aliphatic rings. The van der Waals surface area contributed by atoms with Gasteiger partial charge >= 0.3 is 6.03 Å². The van der Waals surface area contributed by atoms with Crippen LogP contribution >= 0.6 is 11.6 Å². The van der Waals surface area contributed by atoms with Crippen LogP contribution in [0.4, 0.5) is 4.79 Å². The summed E-state index contributed by atoms with van der Waals surface area (Å²) in [5.41, 5.74) is 0.360. The Morgan fingerprint density at radius 2 is 1.70 bits per heavy atom. The summed E-state index contributed by atoms with van der Waals surface area (Å²) in [4.78, 5) is 26.1. The molecule has 0 atom stereocenters. The number of benzene rings is 1. The van der Waals surface area contributed by atoms with Crippen LogP contribution in [-0.4, -0.2) is 41.5 Å². The topological polar surface area (TPSA) is 61.4 Å². The fourth-order valence-electron chi connectivity index (χ4n) is 2.50. The molecule has 6 heteroatoms. The number of urea groups is 1. The van der Waals surface area contributed by atoms with Crippen LogP contribution in [0.15, 0.2) is 24.3 Å². The minimum Gasteiger partial charge on any atom is -0.349 e. The molecule has 0 unspecified atom stereocenters. The summed E-state index contributed by atoms with van der Waals surface area (Å²) >= 11 is 5.82. The fraction of sp³-hybridized carbons (Fsp3) is 0.529. The molecule has 2 rings (SSSR count). The Morgan fingerprint density at radius 3 is 2.22 bits per heavy atom. The monoisotopic (exact) mass is 337 g/mol. The molecule has 1 heterocycles. The highest BCUT2D eigenvalue weighted by Gasteiger charge is 2.26. The van der Waals surface area contributed by atoms with Gasteiger partial charge in [-0.15, -0.1) is 0 Å². The van der Waals surface area contributed by atoms with Crippen LogP contribution in [-0.2, 0) is 0 Å². The summed E-state index contributed by atoms with van der Waals surface area (Å²) in [6.45, 7) is 7.18. The van der Waals surface area contributed by atoms with Crippen LogP contribution in [0, 0.1) is 0 Å². The van der Waals surface area contributed by atoms with Gasteiger partial charge in [-0.1, -0.05) is 11.6 Å². The van der Waals surface area contributed by atoms with E-state index in [1.54, 1.807) is 29.2 Å². The molecular formula is C17H24ClN3O2. The van der Waals surface area contributed by atoms with E-state index in [9.17, 15) is 9.59 Å². The van der Waals surface area contributed by atoms with Crippen molar-refractivity contribution in [3.8, 4) is 0 Å². The summed E-state index contributed by atoms with van der Waals surface area (Å²) in [7, 11) is 0. The maximum atomic E-state index is 12.2. The first kappa shape index (κ1) is 17.6. The van der Waals surface area contributed by atoms with Gasteiger partial charge in [0.05, 0.1) is 0 Å². The van der Waals surface area contributed by atoms with E-state index >= 15 is 0 Å². The molecule has 1 aromatic rings. The smallest absolute Gasteiger partial charge is 0.317 e. The highest BCUT2D eigenvalue weighted by atomic mass is 35.5. The molecule has 0 aromatic heterocycles. The lowest BCUT2D eigenvalue weighted by atomic mass is 10.0. The van der Waals surface area contributed by atoms with E-state index in [-0.39, 0.29) is 23.5 Å². The summed E-state index contributed by atoms with van der Waals surface area (Å²) in [6, 6.07) is 6.88. The number of hydrogen-bond acceptors (Lipinski definition) is 2. The fourth-order valence-corrected chi connectivity index (χ4v) is 2.62. The molecule has 0 radical (unpaired) electrons. The van der Waals surface area contributed by atoms with Crippen LogP contribution in [0.2, 0.25) is 5.02 Å². The molecular weight excluding hydrogens is 314 g/mol. The maximum absolute atomic E-state index is 12.2. The molecule has 1 fully saturated rings. The summed E-state index contributed by atoms with van der Waals surface area (Å²) in [5, 5.41) is 6.60. The van der Waals surface area contributed by atoms with Crippen LogP contribution in [0.25, 0.3) is 0 Å². The van der Waals surface area contributed by atoms with E-state index in [4.69, 9.17) is 11.6 Å². The van der Waals surface area contributed by atoms with Gasteiger partial charge in [0.1, 0.15) is 0 Å². The van der Waals surface area contributed by atoms with Gasteiger partial charge < -0.3 is 15.5 Å². The number of carbonyl (C=O) groups excluding carboxylic acids is 2. The third kappa shape index (κ3) is 5.43. The second-order valence-corrected chi connectivity index (χ2v) is 7.36. The standard InChI is InChI=1S/C17H24ClN3O2/c1-17(2,3)20-16(23)21-10-8-14(9-11-21)19-15(22)12-4-6-13(18)7-5-12/h4-7,14H,8-11H2,1-3H3,(H,19,22)(H,20,23). The maximum Gasteiger partial charge on any atom is 0.317 e. The molecule has 0 spiro atoms. The van der Waals surface area contributed by atoms with Crippen LogP contribution < -0.4 is 10.6 Å². The van der Waals surface area contributed by atoms with Gasteiger partial charge in [-0.05, 0) is 57.9 Å². The van der Waals surface area contributed by atoms with Gasteiger partial charge in [-0.2, -0.15) is 0 Å². The summed E-state index contributed by atoms with van der Waals surface area (Å²) in [5.74, 6) is -0.0979. The predicted octanol–water partition coefficient (Wildman–Crippen LogP) is 3.04. The zero-order chi connectivity index (χ0) is 17.0. The van der Waals surface area contributed by atoms with Crippen molar-refractivity contribution in [1.82, 2.24) is 15.5 Å². The van der Waals surface area contributed by atoms with E-state index in [1.165, 1.54) is 0 Å². The van der Waals surface area contributed by atoms with Crippen molar-refractivity contribution in [2.45, 2.75) is 45.2 Å². The van der Waals surface area contributed by atoms with E-state index < -0.39 is 0 Å². The molecule has 126 valence electrons. The average molecular weight is 338 g/mol. The molecule has 2 N–H and O–H groups in total. The highest BCUT2D eigenvalue weighted by molar-refractivity contribution is 6.30. The minimum absolute atomic E-state index is 0.0417. The quantitative estimate of drug-likeness (QED) is 0.871. The van der Waals surface area contributed by atoms with Crippen molar-refractivity contribution in [1.29, 1.82) is 0 Å². The zero-order valence-corrected chi connectivity index (χ0v) is 14.6. The van der Waals surface area contributed by atoms with Gasteiger partial charge in [-0.3, -0.25) is 4.79 Å². The molecule has 23 heavy (non-hydrogen) atoms. The molecule has 1 aromatic carbocycles. The number of hydrogen-bond donors (Lipinski definition) is 2. The first-order valence-electron chi connectivity index (χ1n) is 7.88. The van der Waals surface area contributed by atoms with Crippen molar-refractivity contribution < 1.29 is 9.59 Å². The van der Waals surface area contributed by atoms with Crippen LogP contribution in [0.1, 0.15) is 44.0 Å². The highest BCUT2D eigenvalue weighted by Crippen LogP contribution is 2.14. The van der Waals surface area contributed by atoms with Gasteiger partial charge in [-0.25, -0.2) is 4.79 Å². The number of piperidine rings is 1. The van der Waals surface area contributed by atoms with Crippen molar-refractivity contribution in [3.63, 3.8) is 0 Å². The Kier molecular flexibility index (Phi) is 5.52. The molecule has 0 saturated carbocycles. The summed E-state index contributed by atoms with van der Waals surface area (Å²) in [6.07, 6.45) is 1.52. The lowest BCUT2D eigenvalue weighted by molar-refractivity contribution is 0.0917. The van der Waals surface area contributed by atoms with Gasteiger partial charge in [0.15, 0.2) is 0 Å². The zero-order valence-electron chi connectivity index (χ0n) is 13.9. The van der Waals surface area contributed by atoms with E-state index in [2.05, 4.69) is 10.6 Å². The molecule has 5 nitrogen and oxygen atoms in total. The Morgan fingerprint density at radius 1 is 1.13 bits per heavy atom. The first-order chi connectivity index (χ1) is 10.7. The minimum atomic E-state index is -0.239. The van der Waals surface area contributed by atoms with E-state index in [0.29, 0.717) is 23.7 Å². The lowest BCUT2D eigenvalue weighted by Crippen LogP contribution is -2.53. The molecule has 0 aliphatic carbocycles. The summed E-state index contributed by atoms with van der Waals surface area (Å²) < 4.78 is 0. The van der Waals surface area contributed by atoms with Gasteiger partial charge in [0.2, 0.25) is 0 Å². The number of likely N-dealkylation sites (tertiary alicyclic amines) is 1. The SMILES string of the molecule is CC(C)(C)NC(=O)N1CCC(NC(=O)c2ccc(Cl)cc2)CC1. The Labute approximate surface area is 142 Å². The Hall–Kier alpha value is -1.75. The first-order valence-corrected chi connectivity index (χ1v) is 8.26. The number of halogens is 1. The van der Waals surface area contributed by atoms with E-state index in [0.717, 1.165) is 12.8 Å². The Bertz CT molecular complexity index is 558. The molecule has 1 aliphatic heterocycles. The number of carbonyl (C=O) groups is 2. The van der Waals surface area contributed by atoms with E-state index in [1.807, 2.05) is 20.8 Å². The predicted molar refractivity (Wildman–Crippen MR) is 91.8 cm³/mol. The van der Waals surface area contributed by atoms with Crippen molar-refractivity contribution in [2.24, 2.45) is 0 Å². The molecule has 1 saturated heterocycles. The number of nitrogens with one attached hydrogen (secondary N) is 2. The Balaban J connectivity index is 1.81. The van der Waals surface area contributed by atoms with Gasteiger partial charge in [0.25, 0.3) is 5.91 Å². The molecule has 3 amide bonds. The normalized spacial score (nSPS) is 16.1. The number of amides is 3. The average Bonchev–Trinajstić information content (AvgIpc) is 2.46. The van der Waals surface area contributed by atoms with Crippen LogP contribution in [0.5, 0.6) is 0 Å². The second-order valence-electron chi connectivity index (χ2n) is 6.92. The third-order valence-corrected chi connectivity index (χ3v) is 3.96. The lowest BCUT2D eigenvalue weighted by Gasteiger charge is -2.34. The molecule has 0 bridgehead atoms. The number of nitrogens with zero attached hydrogens (tertiary/aromatic N) is 1. The second kappa shape index (κ2) is 7.21. The van der Waals surface area contributed by atoms with Crippen molar-refractivity contribution >= 4 is 23.5 Å². The largest absolute Gasteiger partial charge is 0.349 e. The van der Waals surface area contributed by atoms with Crippen LogP contribution in [0.3, 0.4) is 0 Å². The van der Waals surface area contributed by atoms with Crippen molar-refractivity contribution in [2.75, 3.05) is 13.1 Å². The number of rotatable bonds is 2. The third-order valence-electron chi connectivity index (χ3n) is 3.71. The van der Waals surface area contributed by atoms with Crippen molar-refractivity contribution in [3.05, 3.63) is 34.9 Å². The van der Waals surface area contributed by atoms with Gasteiger partial charge in [0, 0.05) is 35.3 Å².